The first-order chi connectivity index (χ1) is 8.08. The maximum atomic E-state index is 5.92. The Labute approximate surface area is 103 Å². The van der Waals surface area contributed by atoms with Gasteiger partial charge in [-0.3, -0.25) is 0 Å². The van der Waals surface area contributed by atoms with E-state index in [2.05, 4.69) is 29.1 Å². The highest BCUT2D eigenvalue weighted by Gasteiger charge is 2.11. The quantitative estimate of drug-likeness (QED) is 0.794. The van der Waals surface area contributed by atoms with Crippen LogP contribution in [0.25, 0.3) is 0 Å². The van der Waals surface area contributed by atoms with Crippen LogP contribution in [0.3, 0.4) is 0 Å². The molecule has 1 heterocycles. The maximum Gasteiger partial charge on any atom is 0.242 e. The number of aryl methyl sites for hydroxylation is 1. The van der Waals surface area contributed by atoms with Gasteiger partial charge in [-0.15, -0.1) is 0 Å². The molecular formula is C12H22N4O. The van der Waals surface area contributed by atoms with Gasteiger partial charge in [0.2, 0.25) is 5.88 Å². The molecule has 0 aromatic carbocycles. The number of methoxy groups -OCH3 is 1. The highest BCUT2D eigenvalue weighted by molar-refractivity contribution is 5.66. The van der Waals surface area contributed by atoms with E-state index in [-0.39, 0.29) is 0 Å². The Morgan fingerprint density at radius 1 is 1.35 bits per heavy atom. The monoisotopic (exact) mass is 238 g/mol. The van der Waals surface area contributed by atoms with Gasteiger partial charge in [-0.25, -0.2) is 4.98 Å². The number of ether oxygens (including phenoxy) is 1. The largest absolute Gasteiger partial charge is 0.479 e. The van der Waals surface area contributed by atoms with Gasteiger partial charge in [-0.1, -0.05) is 20.8 Å². The Morgan fingerprint density at radius 2 is 2.06 bits per heavy atom. The van der Waals surface area contributed by atoms with Gasteiger partial charge in [0.05, 0.1) is 7.11 Å². The summed E-state index contributed by atoms with van der Waals surface area (Å²) in [5, 5.41) is 3.24. The molecule has 0 saturated carbocycles. The van der Waals surface area contributed by atoms with Crippen LogP contribution in [0.2, 0.25) is 0 Å². The summed E-state index contributed by atoms with van der Waals surface area (Å²) in [7, 11) is 1.57. The topological polar surface area (TPSA) is 73.1 Å². The normalized spacial score (nSPS) is 10.6. The van der Waals surface area contributed by atoms with E-state index in [1.54, 1.807) is 7.11 Å². The number of nitrogens with zero attached hydrogens (tertiary/aromatic N) is 2. The molecule has 1 rings (SSSR count). The summed E-state index contributed by atoms with van der Waals surface area (Å²) < 4.78 is 5.14. The molecule has 0 spiro atoms. The van der Waals surface area contributed by atoms with Crippen LogP contribution < -0.4 is 15.8 Å². The molecule has 0 saturated heterocycles. The zero-order valence-corrected chi connectivity index (χ0v) is 11.1. The molecule has 0 fully saturated rings. The van der Waals surface area contributed by atoms with Crippen LogP contribution in [0.15, 0.2) is 0 Å². The predicted octanol–water partition coefficient (Wildman–Crippen LogP) is 2.09. The first kappa shape index (κ1) is 13.5. The lowest BCUT2D eigenvalue weighted by Crippen LogP contribution is -2.11. The van der Waals surface area contributed by atoms with E-state index < -0.39 is 0 Å². The van der Waals surface area contributed by atoms with Crippen LogP contribution in [0.4, 0.5) is 11.5 Å². The van der Waals surface area contributed by atoms with Crippen molar-refractivity contribution < 1.29 is 4.74 Å². The molecular weight excluding hydrogens is 216 g/mol. The standard InChI is InChI=1S/C12H22N4O/c1-5-9-15-11(14-7-6-8(2)3)10(13)12(16-9)17-4/h8H,5-7,13H2,1-4H3,(H,14,15,16). The molecule has 0 aliphatic rings. The van der Waals surface area contributed by atoms with Gasteiger partial charge in [0.1, 0.15) is 11.5 Å². The minimum Gasteiger partial charge on any atom is -0.479 e. The molecule has 0 atom stereocenters. The number of nitrogens with one attached hydrogen (secondary N) is 1. The van der Waals surface area contributed by atoms with Gasteiger partial charge >= 0.3 is 0 Å². The molecule has 0 aliphatic carbocycles. The summed E-state index contributed by atoms with van der Waals surface area (Å²) in [5.74, 6) is 2.51. The lowest BCUT2D eigenvalue weighted by molar-refractivity contribution is 0.397. The van der Waals surface area contributed by atoms with Crippen LogP contribution in [0.1, 0.15) is 33.0 Å². The summed E-state index contributed by atoms with van der Waals surface area (Å²) in [6.07, 6.45) is 1.84. The molecule has 0 bridgehead atoms. The van der Waals surface area contributed by atoms with Crippen molar-refractivity contribution in [2.24, 2.45) is 5.92 Å². The molecule has 0 amide bonds. The van der Waals surface area contributed by atoms with Crippen LogP contribution in [0.5, 0.6) is 5.88 Å². The third kappa shape index (κ3) is 3.76. The van der Waals surface area contributed by atoms with Crippen molar-refractivity contribution in [1.29, 1.82) is 0 Å². The molecule has 96 valence electrons. The first-order valence-corrected chi connectivity index (χ1v) is 6.02. The van der Waals surface area contributed by atoms with Crippen molar-refractivity contribution in [1.82, 2.24) is 9.97 Å². The number of nitrogens with two attached hydrogens (primary N) is 1. The highest BCUT2D eigenvalue weighted by atomic mass is 16.5. The number of hydrogen-bond donors (Lipinski definition) is 2. The Morgan fingerprint density at radius 3 is 2.59 bits per heavy atom. The maximum absolute atomic E-state index is 5.92. The van der Waals surface area contributed by atoms with Crippen molar-refractivity contribution in [2.45, 2.75) is 33.6 Å². The fraction of sp³-hybridized carbons (Fsp3) is 0.667. The van der Waals surface area contributed by atoms with Crippen molar-refractivity contribution in [2.75, 3.05) is 24.7 Å². The summed E-state index contributed by atoms with van der Waals surface area (Å²) in [4.78, 5) is 8.58. The Bertz CT molecular complexity index is 366. The van der Waals surface area contributed by atoms with Crippen LogP contribution in [0, 0.1) is 5.92 Å². The Hall–Kier alpha value is -1.52. The molecule has 1 aromatic heterocycles. The summed E-state index contributed by atoms with van der Waals surface area (Å²) in [6, 6.07) is 0. The third-order valence-electron chi connectivity index (χ3n) is 2.48. The van der Waals surface area contributed by atoms with Crippen molar-refractivity contribution in [3.63, 3.8) is 0 Å². The lowest BCUT2D eigenvalue weighted by Gasteiger charge is -2.13. The minimum absolute atomic E-state index is 0.448. The first-order valence-electron chi connectivity index (χ1n) is 6.02. The smallest absolute Gasteiger partial charge is 0.242 e. The molecule has 17 heavy (non-hydrogen) atoms. The molecule has 5 heteroatoms. The average molecular weight is 238 g/mol. The Kier molecular flexibility index (Phi) is 5.00. The van der Waals surface area contributed by atoms with Crippen molar-refractivity contribution in [3.05, 3.63) is 5.82 Å². The molecule has 1 aromatic rings. The average Bonchev–Trinajstić information content (AvgIpc) is 2.31. The molecule has 5 nitrogen and oxygen atoms in total. The van der Waals surface area contributed by atoms with Crippen LogP contribution >= 0.6 is 0 Å². The van der Waals surface area contributed by atoms with E-state index >= 15 is 0 Å². The minimum atomic E-state index is 0.448. The van der Waals surface area contributed by atoms with Crippen LogP contribution in [-0.2, 0) is 6.42 Å². The van der Waals surface area contributed by atoms with Crippen LogP contribution in [-0.4, -0.2) is 23.6 Å². The van der Waals surface area contributed by atoms with Gasteiger partial charge in [0, 0.05) is 13.0 Å². The molecule has 0 aliphatic heterocycles. The molecule has 3 N–H and O–H groups in total. The summed E-state index contributed by atoms with van der Waals surface area (Å²) in [6.45, 7) is 7.22. The predicted molar refractivity (Wildman–Crippen MR) is 70.3 cm³/mol. The van der Waals surface area contributed by atoms with E-state index in [0.29, 0.717) is 23.3 Å². The second-order valence-electron chi connectivity index (χ2n) is 4.37. The van der Waals surface area contributed by atoms with Crippen molar-refractivity contribution in [3.8, 4) is 5.88 Å². The third-order valence-corrected chi connectivity index (χ3v) is 2.48. The van der Waals surface area contributed by atoms with Gasteiger partial charge < -0.3 is 15.8 Å². The van der Waals surface area contributed by atoms with E-state index in [0.717, 1.165) is 25.2 Å². The number of aromatic nitrogens is 2. The SMILES string of the molecule is CCc1nc(NCCC(C)C)c(N)c(OC)n1. The number of rotatable bonds is 6. The lowest BCUT2D eigenvalue weighted by atomic mass is 10.1. The molecule has 0 unspecified atom stereocenters. The fourth-order valence-electron chi connectivity index (χ4n) is 1.42. The highest BCUT2D eigenvalue weighted by Crippen LogP contribution is 2.25. The van der Waals surface area contributed by atoms with E-state index in [1.807, 2.05) is 6.92 Å². The number of anilines is 2. The number of hydrogen-bond acceptors (Lipinski definition) is 5. The van der Waals surface area contributed by atoms with Gasteiger partial charge in [-0.05, 0) is 12.3 Å². The van der Waals surface area contributed by atoms with E-state index in [9.17, 15) is 0 Å². The van der Waals surface area contributed by atoms with Crippen molar-refractivity contribution >= 4 is 11.5 Å². The summed E-state index contributed by atoms with van der Waals surface area (Å²) >= 11 is 0. The van der Waals surface area contributed by atoms with E-state index in [1.165, 1.54) is 0 Å². The second-order valence-corrected chi connectivity index (χ2v) is 4.37. The molecule has 0 radical (unpaired) electrons. The van der Waals surface area contributed by atoms with Gasteiger partial charge in [0.25, 0.3) is 0 Å². The zero-order valence-electron chi connectivity index (χ0n) is 11.1. The van der Waals surface area contributed by atoms with Gasteiger partial charge in [0.15, 0.2) is 5.82 Å². The van der Waals surface area contributed by atoms with Gasteiger partial charge in [-0.2, -0.15) is 4.98 Å². The Balaban J connectivity index is 2.82. The van der Waals surface area contributed by atoms with E-state index in [4.69, 9.17) is 10.5 Å². The summed E-state index contributed by atoms with van der Waals surface area (Å²) in [5.41, 5.74) is 6.40. The fourth-order valence-corrected chi connectivity index (χ4v) is 1.42. The second kappa shape index (κ2) is 6.27. The zero-order chi connectivity index (χ0) is 12.8. The number of nitrogen functional groups attached to an aromatic ring is 1.